The molecule has 7 heteroatoms. The predicted octanol–water partition coefficient (Wildman–Crippen LogP) is 2.87. The van der Waals surface area contributed by atoms with Gasteiger partial charge in [-0.1, -0.05) is 21.1 Å². The van der Waals surface area contributed by atoms with Gasteiger partial charge in [0.2, 0.25) is 5.88 Å². The zero-order valence-corrected chi connectivity index (χ0v) is 11.1. The Morgan fingerprint density at radius 3 is 2.79 bits per heavy atom. The van der Waals surface area contributed by atoms with Crippen molar-refractivity contribution in [2.45, 2.75) is 0 Å². The van der Waals surface area contributed by atoms with Gasteiger partial charge in [-0.15, -0.1) is 0 Å². The molecule has 19 heavy (non-hydrogen) atoms. The lowest BCUT2D eigenvalue weighted by atomic mass is 10.3. The molecule has 0 amide bonds. The topological polar surface area (TPSA) is 80.7 Å². The number of oxime groups is 1. The van der Waals surface area contributed by atoms with E-state index < -0.39 is 5.82 Å². The monoisotopic (exact) mass is 325 g/mol. The zero-order chi connectivity index (χ0) is 13.8. The van der Waals surface area contributed by atoms with Crippen molar-refractivity contribution in [2.75, 3.05) is 0 Å². The van der Waals surface area contributed by atoms with E-state index in [0.29, 0.717) is 10.0 Å². The molecule has 0 saturated carbocycles. The third-order valence-electron chi connectivity index (χ3n) is 2.25. The van der Waals surface area contributed by atoms with Crippen LogP contribution >= 0.6 is 15.9 Å². The van der Waals surface area contributed by atoms with Crippen LogP contribution in [0.3, 0.4) is 0 Å². The van der Waals surface area contributed by atoms with Crippen LogP contribution in [0.25, 0.3) is 0 Å². The summed E-state index contributed by atoms with van der Waals surface area (Å²) in [7, 11) is 0. The first-order valence-corrected chi connectivity index (χ1v) is 5.96. The predicted molar refractivity (Wildman–Crippen MR) is 70.9 cm³/mol. The maximum absolute atomic E-state index is 13.5. The first kappa shape index (κ1) is 13.3. The Morgan fingerprint density at radius 1 is 1.37 bits per heavy atom. The second-order valence-corrected chi connectivity index (χ2v) is 4.46. The van der Waals surface area contributed by atoms with Crippen LogP contribution in [-0.2, 0) is 0 Å². The fourth-order valence-corrected chi connectivity index (χ4v) is 1.66. The molecule has 2 aromatic rings. The number of amidine groups is 1. The van der Waals surface area contributed by atoms with Gasteiger partial charge in [0.1, 0.15) is 0 Å². The Hall–Kier alpha value is -2.15. The van der Waals surface area contributed by atoms with Gasteiger partial charge in [-0.3, -0.25) is 0 Å². The van der Waals surface area contributed by atoms with E-state index in [1.807, 2.05) is 0 Å². The lowest BCUT2D eigenvalue weighted by Gasteiger charge is -2.06. The summed E-state index contributed by atoms with van der Waals surface area (Å²) in [5.41, 5.74) is 5.83. The van der Waals surface area contributed by atoms with Gasteiger partial charge in [-0.2, -0.15) is 0 Å². The molecule has 1 aromatic heterocycles. The van der Waals surface area contributed by atoms with Crippen molar-refractivity contribution in [3.8, 4) is 11.6 Å². The van der Waals surface area contributed by atoms with E-state index in [0.717, 1.165) is 0 Å². The molecule has 0 saturated heterocycles. The fraction of sp³-hybridized carbons (Fsp3) is 0. The van der Waals surface area contributed by atoms with Crippen LogP contribution in [-0.4, -0.2) is 16.0 Å². The Kier molecular flexibility index (Phi) is 3.96. The van der Waals surface area contributed by atoms with Crippen LogP contribution in [0.2, 0.25) is 0 Å². The average molecular weight is 326 g/mol. The van der Waals surface area contributed by atoms with Gasteiger partial charge >= 0.3 is 0 Å². The number of nitrogens with two attached hydrogens (primary N) is 1. The van der Waals surface area contributed by atoms with E-state index in [4.69, 9.17) is 15.7 Å². The summed E-state index contributed by atoms with van der Waals surface area (Å²) < 4.78 is 19.5. The molecule has 0 aliphatic heterocycles. The van der Waals surface area contributed by atoms with Crippen LogP contribution in [0.4, 0.5) is 4.39 Å². The minimum atomic E-state index is -0.495. The molecule has 2 rings (SSSR count). The summed E-state index contributed by atoms with van der Waals surface area (Å²) in [5.74, 6) is -0.303. The summed E-state index contributed by atoms with van der Waals surface area (Å²) in [4.78, 5) is 3.94. The van der Waals surface area contributed by atoms with Crippen molar-refractivity contribution in [1.29, 1.82) is 0 Å². The number of aromatic nitrogens is 1. The zero-order valence-electron chi connectivity index (χ0n) is 9.55. The van der Waals surface area contributed by atoms with Gasteiger partial charge in [0.05, 0.1) is 0 Å². The Morgan fingerprint density at radius 2 is 2.16 bits per heavy atom. The van der Waals surface area contributed by atoms with Crippen LogP contribution in [0.15, 0.2) is 46.2 Å². The smallest absolute Gasteiger partial charge is 0.219 e. The molecule has 1 aromatic carbocycles. The molecule has 3 N–H and O–H groups in total. The molecule has 1 heterocycles. The molecule has 0 atom stereocenters. The van der Waals surface area contributed by atoms with E-state index in [2.05, 4.69) is 26.1 Å². The summed E-state index contributed by atoms with van der Waals surface area (Å²) in [6.45, 7) is 0. The number of benzene rings is 1. The molecular formula is C12H9BrFN3O2. The standard InChI is InChI=1S/C12H9BrFN3O2/c13-8-2-3-9(14)10(5-8)19-11-4-1-7(6-16-11)12(15)17-18/h1-6,18H,(H2,15,17). The van der Waals surface area contributed by atoms with Crippen LogP contribution in [0.1, 0.15) is 5.56 Å². The largest absolute Gasteiger partial charge is 0.436 e. The van der Waals surface area contributed by atoms with Crippen molar-refractivity contribution in [3.05, 3.63) is 52.4 Å². The van der Waals surface area contributed by atoms with Crippen molar-refractivity contribution in [3.63, 3.8) is 0 Å². The number of ether oxygens (including phenoxy) is 1. The third kappa shape index (κ3) is 3.19. The Labute approximate surface area is 116 Å². The molecule has 0 aliphatic carbocycles. The average Bonchev–Trinajstić information content (AvgIpc) is 2.43. The summed E-state index contributed by atoms with van der Waals surface area (Å²) in [5, 5.41) is 11.4. The van der Waals surface area contributed by atoms with E-state index in [1.165, 1.54) is 24.4 Å². The first-order chi connectivity index (χ1) is 9.10. The minimum Gasteiger partial charge on any atom is -0.436 e. The minimum absolute atomic E-state index is 0.0541. The van der Waals surface area contributed by atoms with Gasteiger partial charge in [0.15, 0.2) is 17.4 Å². The van der Waals surface area contributed by atoms with Crippen molar-refractivity contribution in [1.82, 2.24) is 4.98 Å². The summed E-state index contributed by atoms with van der Waals surface area (Å²) in [6.07, 6.45) is 1.36. The number of halogens is 2. The highest BCUT2D eigenvalue weighted by molar-refractivity contribution is 9.10. The normalized spacial score (nSPS) is 11.4. The summed E-state index contributed by atoms with van der Waals surface area (Å²) in [6, 6.07) is 7.39. The van der Waals surface area contributed by atoms with E-state index in [1.54, 1.807) is 12.1 Å². The second-order valence-electron chi connectivity index (χ2n) is 3.55. The molecule has 0 unspecified atom stereocenters. The molecule has 0 radical (unpaired) electrons. The number of hydrogen-bond donors (Lipinski definition) is 2. The van der Waals surface area contributed by atoms with Crippen molar-refractivity contribution in [2.24, 2.45) is 10.9 Å². The van der Waals surface area contributed by atoms with Crippen LogP contribution < -0.4 is 10.5 Å². The molecule has 0 bridgehead atoms. The van der Waals surface area contributed by atoms with E-state index in [-0.39, 0.29) is 17.5 Å². The number of pyridine rings is 1. The lowest BCUT2D eigenvalue weighted by Crippen LogP contribution is -2.13. The maximum atomic E-state index is 13.5. The number of hydrogen-bond acceptors (Lipinski definition) is 4. The number of nitrogens with zero attached hydrogens (tertiary/aromatic N) is 2. The van der Waals surface area contributed by atoms with Crippen molar-refractivity contribution < 1.29 is 14.3 Å². The van der Waals surface area contributed by atoms with Crippen molar-refractivity contribution >= 4 is 21.8 Å². The van der Waals surface area contributed by atoms with E-state index in [9.17, 15) is 4.39 Å². The highest BCUT2D eigenvalue weighted by atomic mass is 79.9. The molecular weight excluding hydrogens is 317 g/mol. The van der Waals surface area contributed by atoms with Crippen LogP contribution in [0.5, 0.6) is 11.6 Å². The molecule has 98 valence electrons. The Bertz CT molecular complexity index is 617. The van der Waals surface area contributed by atoms with Gasteiger partial charge in [0, 0.05) is 22.3 Å². The van der Waals surface area contributed by atoms with E-state index >= 15 is 0 Å². The SMILES string of the molecule is N/C(=N/O)c1ccc(Oc2cc(Br)ccc2F)nc1. The maximum Gasteiger partial charge on any atom is 0.219 e. The van der Waals surface area contributed by atoms with Gasteiger partial charge in [-0.25, -0.2) is 9.37 Å². The van der Waals surface area contributed by atoms with Gasteiger partial charge in [0.25, 0.3) is 0 Å². The fourth-order valence-electron chi connectivity index (χ4n) is 1.32. The lowest BCUT2D eigenvalue weighted by molar-refractivity contribution is 0.318. The molecule has 5 nitrogen and oxygen atoms in total. The highest BCUT2D eigenvalue weighted by Crippen LogP contribution is 2.26. The molecule has 0 spiro atoms. The Balaban J connectivity index is 2.22. The third-order valence-corrected chi connectivity index (χ3v) is 2.74. The quantitative estimate of drug-likeness (QED) is 0.393. The van der Waals surface area contributed by atoms with Gasteiger partial charge < -0.3 is 15.7 Å². The van der Waals surface area contributed by atoms with Gasteiger partial charge in [-0.05, 0) is 24.3 Å². The molecule has 0 aliphatic rings. The summed E-state index contributed by atoms with van der Waals surface area (Å²) >= 11 is 3.22. The second kappa shape index (κ2) is 5.66. The van der Waals surface area contributed by atoms with Crippen LogP contribution in [0, 0.1) is 5.82 Å². The number of rotatable bonds is 3. The first-order valence-electron chi connectivity index (χ1n) is 5.17. The highest BCUT2D eigenvalue weighted by Gasteiger charge is 2.07. The molecule has 0 fully saturated rings.